The molecule has 1 aromatic carbocycles. The summed E-state index contributed by atoms with van der Waals surface area (Å²) in [6.45, 7) is 3.46. The first-order valence-electron chi connectivity index (χ1n) is 4.96. The van der Waals surface area contributed by atoms with Crippen molar-refractivity contribution in [2.45, 2.75) is 13.3 Å². The van der Waals surface area contributed by atoms with Crippen molar-refractivity contribution >= 4 is 29.7 Å². The molecule has 1 aliphatic rings. The Morgan fingerprint density at radius 2 is 2.13 bits per heavy atom. The predicted octanol–water partition coefficient (Wildman–Crippen LogP) is 2.28. The molecule has 0 saturated heterocycles. The first-order chi connectivity index (χ1) is 6.83. The van der Waals surface area contributed by atoms with Crippen molar-refractivity contribution in [3.63, 3.8) is 0 Å². The number of nitrogens with one attached hydrogen (secondary N) is 1. The normalized spacial score (nSPS) is 14.7. The fourth-order valence-electron chi connectivity index (χ4n) is 1.78. The van der Waals surface area contributed by atoms with Crippen molar-refractivity contribution in [1.82, 2.24) is 0 Å². The number of fused-ring (bicyclic) bond motifs is 1. The van der Waals surface area contributed by atoms with Crippen LogP contribution in [0.1, 0.15) is 13.3 Å². The number of carbonyl (C=O) groups is 1. The number of rotatable bonds is 1. The average molecular weight is 227 g/mol. The van der Waals surface area contributed by atoms with Crippen LogP contribution in [0, 0.1) is 0 Å². The molecule has 1 N–H and O–H groups in total. The van der Waals surface area contributed by atoms with Crippen LogP contribution in [-0.4, -0.2) is 19.0 Å². The maximum atomic E-state index is 11.7. The molecule has 0 spiro atoms. The van der Waals surface area contributed by atoms with Crippen LogP contribution in [0.3, 0.4) is 0 Å². The van der Waals surface area contributed by atoms with E-state index in [-0.39, 0.29) is 18.3 Å². The highest BCUT2D eigenvalue weighted by molar-refractivity contribution is 5.98. The highest BCUT2D eigenvalue weighted by Gasteiger charge is 2.19. The van der Waals surface area contributed by atoms with E-state index < -0.39 is 0 Å². The van der Waals surface area contributed by atoms with Gasteiger partial charge in [-0.05, 0) is 19.1 Å². The van der Waals surface area contributed by atoms with Gasteiger partial charge in [0, 0.05) is 19.5 Å². The summed E-state index contributed by atoms with van der Waals surface area (Å²) in [5.41, 5.74) is 2.05. The number of benzene rings is 1. The largest absolute Gasteiger partial charge is 0.383 e. The Bertz CT molecular complexity index is 354. The third-order valence-corrected chi connectivity index (χ3v) is 2.47. The summed E-state index contributed by atoms with van der Waals surface area (Å²) in [6, 6.07) is 7.93. The Morgan fingerprint density at radius 1 is 1.40 bits per heavy atom. The van der Waals surface area contributed by atoms with E-state index in [1.807, 2.05) is 36.1 Å². The monoisotopic (exact) mass is 226 g/mol. The van der Waals surface area contributed by atoms with Gasteiger partial charge in [-0.3, -0.25) is 4.79 Å². The average Bonchev–Trinajstić information content (AvgIpc) is 2.36. The van der Waals surface area contributed by atoms with Crippen LogP contribution < -0.4 is 10.2 Å². The summed E-state index contributed by atoms with van der Waals surface area (Å²) < 4.78 is 0. The van der Waals surface area contributed by atoms with Crippen LogP contribution in [0.4, 0.5) is 11.4 Å². The lowest BCUT2D eigenvalue weighted by atomic mass is 10.2. The lowest BCUT2D eigenvalue weighted by molar-refractivity contribution is -0.118. The SMILES string of the molecule is CCN1C(=O)CCNc2ccccc21.Cl. The second-order valence-electron chi connectivity index (χ2n) is 3.33. The molecule has 2 rings (SSSR count). The van der Waals surface area contributed by atoms with Crippen molar-refractivity contribution in [3.05, 3.63) is 24.3 Å². The van der Waals surface area contributed by atoms with Crippen LogP contribution >= 0.6 is 12.4 Å². The molecular weight excluding hydrogens is 212 g/mol. The minimum atomic E-state index is 0. The number of nitrogens with zero attached hydrogens (tertiary/aromatic N) is 1. The first kappa shape index (κ1) is 11.9. The molecule has 1 amide bonds. The summed E-state index contributed by atoms with van der Waals surface area (Å²) in [7, 11) is 0. The fourth-order valence-corrected chi connectivity index (χ4v) is 1.78. The summed E-state index contributed by atoms with van der Waals surface area (Å²) in [6.07, 6.45) is 0.572. The number of para-hydroxylation sites is 2. The topological polar surface area (TPSA) is 32.3 Å². The Labute approximate surface area is 95.9 Å². The maximum absolute atomic E-state index is 11.7. The third kappa shape index (κ3) is 2.23. The second kappa shape index (κ2) is 5.03. The zero-order chi connectivity index (χ0) is 9.97. The molecule has 3 nitrogen and oxygen atoms in total. The van der Waals surface area contributed by atoms with E-state index in [0.29, 0.717) is 6.42 Å². The summed E-state index contributed by atoms with van der Waals surface area (Å²) in [5, 5.41) is 3.26. The molecule has 1 aromatic rings. The summed E-state index contributed by atoms with van der Waals surface area (Å²) in [4.78, 5) is 13.5. The van der Waals surface area contributed by atoms with Crippen LogP contribution in [0.5, 0.6) is 0 Å². The van der Waals surface area contributed by atoms with Gasteiger partial charge in [0.15, 0.2) is 0 Å². The molecule has 0 fully saturated rings. The van der Waals surface area contributed by atoms with Gasteiger partial charge >= 0.3 is 0 Å². The molecular formula is C11H15ClN2O. The number of halogens is 1. The van der Waals surface area contributed by atoms with Crippen LogP contribution in [0.15, 0.2) is 24.3 Å². The van der Waals surface area contributed by atoms with Gasteiger partial charge in [-0.15, -0.1) is 12.4 Å². The van der Waals surface area contributed by atoms with Crippen molar-refractivity contribution in [1.29, 1.82) is 0 Å². The fraction of sp³-hybridized carbons (Fsp3) is 0.364. The van der Waals surface area contributed by atoms with E-state index in [2.05, 4.69) is 5.32 Å². The Morgan fingerprint density at radius 3 is 2.87 bits per heavy atom. The molecule has 0 bridgehead atoms. The molecule has 0 aromatic heterocycles. The zero-order valence-electron chi connectivity index (χ0n) is 8.69. The third-order valence-electron chi connectivity index (χ3n) is 2.47. The Balaban J connectivity index is 0.00000112. The number of hydrogen-bond donors (Lipinski definition) is 1. The van der Waals surface area contributed by atoms with Crippen molar-refractivity contribution < 1.29 is 4.79 Å². The number of amides is 1. The smallest absolute Gasteiger partial charge is 0.228 e. The molecule has 0 saturated carbocycles. The van der Waals surface area contributed by atoms with Gasteiger partial charge in [-0.1, -0.05) is 12.1 Å². The van der Waals surface area contributed by atoms with Gasteiger partial charge in [-0.25, -0.2) is 0 Å². The molecule has 1 heterocycles. The van der Waals surface area contributed by atoms with E-state index in [9.17, 15) is 4.79 Å². The molecule has 4 heteroatoms. The quantitative estimate of drug-likeness (QED) is 0.797. The molecule has 0 unspecified atom stereocenters. The van der Waals surface area contributed by atoms with Gasteiger partial charge in [-0.2, -0.15) is 0 Å². The van der Waals surface area contributed by atoms with Crippen LogP contribution in [-0.2, 0) is 4.79 Å². The van der Waals surface area contributed by atoms with Gasteiger partial charge in [0.25, 0.3) is 0 Å². The number of carbonyl (C=O) groups excluding carboxylic acids is 1. The minimum Gasteiger partial charge on any atom is -0.383 e. The molecule has 15 heavy (non-hydrogen) atoms. The minimum absolute atomic E-state index is 0. The van der Waals surface area contributed by atoms with E-state index >= 15 is 0 Å². The van der Waals surface area contributed by atoms with Gasteiger partial charge < -0.3 is 10.2 Å². The second-order valence-corrected chi connectivity index (χ2v) is 3.33. The van der Waals surface area contributed by atoms with E-state index in [1.54, 1.807) is 0 Å². The molecule has 0 atom stereocenters. The molecule has 0 aliphatic carbocycles. The van der Waals surface area contributed by atoms with Gasteiger partial charge in [0.1, 0.15) is 0 Å². The van der Waals surface area contributed by atoms with Crippen molar-refractivity contribution in [2.75, 3.05) is 23.3 Å². The Kier molecular flexibility index (Phi) is 3.97. The molecule has 1 aliphatic heterocycles. The zero-order valence-corrected chi connectivity index (χ0v) is 9.51. The highest BCUT2D eigenvalue weighted by atomic mass is 35.5. The standard InChI is InChI=1S/C11H14N2O.ClH/c1-2-13-10-6-4-3-5-9(10)12-8-7-11(13)14;/h3-6,12H,2,7-8H2,1H3;1H. The Hall–Kier alpha value is -1.22. The summed E-state index contributed by atoms with van der Waals surface area (Å²) >= 11 is 0. The van der Waals surface area contributed by atoms with E-state index in [0.717, 1.165) is 24.5 Å². The van der Waals surface area contributed by atoms with Crippen molar-refractivity contribution in [2.24, 2.45) is 0 Å². The lowest BCUT2D eigenvalue weighted by Gasteiger charge is -2.20. The van der Waals surface area contributed by atoms with Crippen molar-refractivity contribution in [3.8, 4) is 0 Å². The molecule has 0 radical (unpaired) electrons. The highest BCUT2D eigenvalue weighted by Crippen LogP contribution is 2.27. The number of anilines is 2. The summed E-state index contributed by atoms with van der Waals surface area (Å²) in [5.74, 6) is 0.199. The first-order valence-corrected chi connectivity index (χ1v) is 4.96. The lowest BCUT2D eigenvalue weighted by Crippen LogP contribution is -2.29. The van der Waals surface area contributed by atoms with Crippen LogP contribution in [0.2, 0.25) is 0 Å². The van der Waals surface area contributed by atoms with Gasteiger partial charge in [0.2, 0.25) is 5.91 Å². The predicted molar refractivity (Wildman–Crippen MR) is 64.8 cm³/mol. The van der Waals surface area contributed by atoms with Gasteiger partial charge in [0.05, 0.1) is 11.4 Å². The molecule has 82 valence electrons. The number of hydrogen-bond acceptors (Lipinski definition) is 2. The van der Waals surface area contributed by atoms with Crippen LogP contribution in [0.25, 0.3) is 0 Å². The maximum Gasteiger partial charge on any atom is 0.228 e. The van der Waals surface area contributed by atoms with E-state index in [1.165, 1.54) is 0 Å². The van der Waals surface area contributed by atoms with E-state index in [4.69, 9.17) is 0 Å².